The second-order valence-corrected chi connectivity index (χ2v) is 7.89. The van der Waals surface area contributed by atoms with E-state index in [0.29, 0.717) is 31.1 Å². The van der Waals surface area contributed by atoms with Gasteiger partial charge in [-0.1, -0.05) is 27.2 Å². The average Bonchev–Trinajstić information content (AvgIpc) is 2.71. The molecule has 0 aliphatic heterocycles. The van der Waals surface area contributed by atoms with Crippen molar-refractivity contribution in [2.24, 2.45) is 0 Å². The van der Waals surface area contributed by atoms with Crippen LogP contribution in [-0.2, 0) is 16.0 Å². The zero-order chi connectivity index (χ0) is 21.9. The Kier molecular flexibility index (Phi) is 13.4. The predicted molar refractivity (Wildman–Crippen MR) is 122 cm³/mol. The van der Waals surface area contributed by atoms with Gasteiger partial charge in [0, 0.05) is 17.8 Å². The molecule has 1 rings (SSSR count). The van der Waals surface area contributed by atoms with Crippen LogP contribution in [0.5, 0.6) is 0 Å². The molecule has 1 aromatic rings. The highest BCUT2D eigenvalue weighted by Gasteiger charge is 2.32. The van der Waals surface area contributed by atoms with Gasteiger partial charge in [0.25, 0.3) is 0 Å². The second-order valence-electron chi connectivity index (χ2n) is 7.89. The molecule has 0 heterocycles. The van der Waals surface area contributed by atoms with Crippen molar-refractivity contribution in [2.75, 3.05) is 37.2 Å². The maximum absolute atomic E-state index is 12.7. The number of amides is 2. The quantitative estimate of drug-likeness (QED) is 0.312. The molecule has 6 nitrogen and oxygen atoms in total. The van der Waals surface area contributed by atoms with Crippen LogP contribution < -0.4 is 28.8 Å². The zero-order valence-electron chi connectivity index (χ0n) is 19.4. The third-order valence-electron chi connectivity index (χ3n) is 6.04. The lowest BCUT2D eigenvalue weighted by atomic mass is 10.1. The highest BCUT2D eigenvalue weighted by molar-refractivity contribution is 5.91. The Morgan fingerprint density at radius 2 is 1.80 bits per heavy atom. The number of nitrogen functional groups attached to an aromatic ring is 1. The number of rotatable bonds is 13. The van der Waals surface area contributed by atoms with Crippen molar-refractivity contribution in [1.29, 1.82) is 0 Å². The number of benzene rings is 1. The van der Waals surface area contributed by atoms with E-state index in [2.05, 4.69) is 38.3 Å². The Labute approximate surface area is 189 Å². The number of carbonyl (C=O) groups is 2. The van der Waals surface area contributed by atoms with Crippen molar-refractivity contribution in [1.82, 2.24) is 5.32 Å². The summed E-state index contributed by atoms with van der Waals surface area (Å²) in [5.41, 5.74) is 8.47. The molecule has 2 amide bonds. The normalized spacial score (nSPS) is 13.6. The van der Waals surface area contributed by atoms with E-state index in [1.54, 1.807) is 0 Å². The minimum Gasteiger partial charge on any atom is -1.00 e. The minimum atomic E-state index is 0. The fourth-order valence-electron chi connectivity index (χ4n) is 3.98. The van der Waals surface area contributed by atoms with Crippen molar-refractivity contribution >= 4 is 23.2 Å². The van der Waals surface area contributed by atoms with E-state index in [-0.39, 0.29) is 24.2 Å². The van der Waals surface area contributed by atoms with Crippen molar-refractivity contribution in [3.8, 4) is 0 Å². The van der Waals surface area contributed by atoms with Gasteiger partial charge in [0.15, 0.2) is 0 Å². The number of carbonyl (C=O) groups excluding carboxylic acids is 2. The Morgan fingerprint density at radius 3 is 2.37 bits per heavy atom. The third-order valence-corrected chi connectivity index (χ3v) is 6.04. The van der Waals surface area contributed by atoms with Crippen molar-refractivity contribution < 1.29 is 26.5 Å². The SMILES string of the molecule is CCCC(C)[N+](CC)(CCNC(=O)CC)CCC(=O)Nc1ccc(N)cc1CC.[Cl-]. The molecule has 0 radical (unpaired) electrons. The van der Waals surface area contributed by atoms with E-state index < -0.39 is 0 Å². The summed E-state index contributed by atoms with van der Waals surface area (Å²) < 4.78 is 0.841. The summed E-state index contributed by atoms with van der Waals surface area (Å²) in [6.07, 6.45) is 3.99. The maximum atomic E-state index is 12.7. The maximum Gasteiger partial charge on any atom is 0.230 e. The standard InChI is InChI=1S/C23H40N4O2.ClH/c1-6-10-18(5)27(9-4,16-14-25-22(28)8-3)15-13-23(29)26-21-12-11-20(24)17-19(21)7-2;/h11-12,17-18H,6-10,13-16,24H2,1-5H3,(H-,25,26,28,29);1H. The molecule has 0 aliphatic carbocycles. The summed E-state index contributed by atoms with van der Waals surface area (Å²) >= 11 is 0. The first-order valence-electron chi connectivity index (χ1n) is 11.1. The fraction of sp³-hybridized carbons (Fsp3) is 0.652. The molecule has 30 heavy (non-hydrogen) atoms. The third kappa shape index (κ3) is 8.52. The zero-order valence-corrected chi connectivity index (χ0v) is 20.1. The second kappa shape index (κ2) is 14.3. The van der Waals surface area contributed by atoms with Gasteiger partial charge in [-0.3, -0.25) is 9.59 Å². The van der Waals surface area contributed by atoms with E-state index in [1.807, 2.05) is 25.1 Å². The van der Waals surface area contributed by atoms with Crippen molar-refractivity contribution in [3.63, 3.8) is 0 Å². The van der Waals surface area contributed by atoms with Gasteiger partial charge in [-0.25, -0.2) is 0 Å². The first kappa shape index (κ1) is 28.2. The molecule has 0 aromatic heterocycles. The van der Waals surface area contributed by atoms with Crippen LogP contribution in [0.4, 0.5) is 11.4 Å². The predicted octanol–water partition coefficient (Wildman–Crippen LogP) is 0.715. The van der Waals surface area contributed by atoms with Crippen LogP contribution >= 0.6 is 0 Å². The summed E-state index contributed by atoms with van der Waals surface area (Å²) in [5.74, 6) is 0.109. The van der Waals surface area contributed by atoms with E-state index in [1.165, 1.54) is 0 Å². The number of halogens is 1. The van der Waals surface area contributed by atoms with Crippen LogP contribution in [0.2, 0.25) is 0 Å². The van der Waals surface area contributed by atoms with Crippen LogP contribution in [0.25, 0.3) is 0 Å². The summed E-state index contributed by atoms with van der Waals surface area (Å²) in [6.45, 7) is 13.8. The molecular weight excluding hydrogens is 400 g/mol. The number of anilines is 2. The highest BCUT2D eigenvalue weighted by atomic mass is 35.5. The molecule has 2 unspecified atom stereocenters. The molecule has 0 aliphatic rings. The Hall–Kier alpha value is -1.79. The van der Waals surface area contributed by atoms with Crippen molar-refractivity contribution in [3.05, 3.63) is 23.8 Å². The van der Waals surface area contributed by atoms with Gasteiger partial charge in [-0.15, -0.1) is 0 Å². The van der Waals surface area contributed by atoms with Crippen LogP contribution in [0, 0.1) is 0 Å². The first-order valence-corrected chi connectivity index (χ1v) is 11.1. The Morgan fingerprint density at radius 1 is 1.10 bits per heavy atom. The molecule has 4 N–H and O–H groups in total. The fourth-order valence-corrected chi connectivity index (χ4v) is 3.98. The average molecular weight is 441 g/mol. The van der Waals surface area contributed by atoms with E-state index in [9.17, 15) is 9.59 Å². The Balaban J connectivity index is 0.00000841. The summed E-state index contributed by atoms with van der Waals surface area (Å²) in [5, 5.41) is 6.07. The van der Waals surface area contributed by atoms with Gasteiger partial charge in [0.05, 0.1) is 38.6 Å². The van der Waals surface area contributed by atoms with E-state index in [4.69, 9.17) is 5.73 Å². The van der Waals surface area contributed by atoms with Gasteiger partial charge >= 0.3 is 0 Å². The van der Waals surface area contributed by atoms with Gasteiger partial charge in [0.1, 0.15) is 0 Å². The van der Waals surface area contributed by atoms with Crippen LogP contribution in [0.1, 0.15) is 65.9 Å². The largest absolute Gasteiger partial charge is 1.00 e. The van der Waals surface area contributed by atoms with E-state index >= 15 is 0 Å². The summed E-state index contributed by atoms with van der Waals surface area (Å²) in [6, 6.07) is 6.07. The van der Waals surface area contributed by atoms with Gasteiger partial charge < -0.3 is 33.3 Å². The molecule has 2 atom stereocenters. The molecular formula is C23H41ClN4O2. The molecule has 0 bridgehead atoms. The minimum absolute atomic E-state index is 0. The topological polar surface area (TPSA) is 84.2 Å². The summed E-state index contributed by atoms with van der Waals surface area (Å²) in [4.78, 5) is 24.4. The van der Waals surface area contributed by atoms with Gasteiger partial charge in [0.2, 0.25) is 11.8 Å². The molecule has 1 aromatic carbocycles. The van der Waals surface area contributed by atoms with Gasteiger partial charge in [-0.05, 0) is 50.5 Å². The highest BCUT2D eigenvalue weighted by Crippen LogP contribution is 2.21. The van der Waals surface area contributed by atoms with Crippen LogP contribution in [0.15, 0.2) is 18.2 Å². The number of quaternary nitrogens is 1. The monoisotopic (exact) mass is 440 g/mol. The van der Waals surface area contributed by atoms with E-state index in [0.717, 1.165) is 54.6 Å². The lowest BCUT2D eigenvalue weighted by Crippen LogP contribution is -3.00. The van der Waals surface area contributed by atoms with Crippen LogP contribution in [-0.4, -0.2) is 48.5 Å². The molecule has 7 heteroatoms. The van der Waals surface area contributed by atoms with Crippen LogP contribution in [0.3, 0.4) is 0 Å². The number of hydrogen-bond donors (Lipinski definition) is 3. The number of nitrogens with two attached hydrogens (primary N) is 1. The number of likely N-dealkylation sites (N-methyl/N-ethyl adjacent to an activating group) is 1. The van der Waals surface area contributed by atoms with Gasteiger partial charge in [-0.2, -0.15) is 0 Å². The first-order chi connectivity index (χ1) is 13.8. The van der Waals surface area contributed by atoms with Crippen molar-refractivity contribution in [2.45, 2.75) is 72.8 Å². The summed E-state index contributed by atoms with van der Waals surface area (Å²) in [7, 11) is 0. The molecule has 0 saturated heterocycles. The number of aryl methyl sites for hydroxylation is 1. The molecule has 0 saturated carbocycles. The lowest BCUT2D eigenvalue weighted by molar-refractivity contribution is -0.946. The molecule has 0 fully saturated rings. The molecule has 0 spiro atoms. The number of nitrogens with one attached hydrogen (secondary N) is 2. The number of nitrogens with zero attached hydrogens (tertiary/aromatic N) is 1. The Bertz CT molecular complexity index is 669. The smallest absolute Gasteiger partial charge is 0.230 e. The molecule has 172 valence electrons. The lowest BCUT2D eigenvalue weighted by Gasteiger charge is -2.43. The number of hydrogen-bond acceptors (Lipinski definition) is 3.